The van der Waals surface area contributed by atoms with Crippen molar-refractivity contribution in [2.45, 2.75) is 31.8 Å². The molecule has 0 bridgehead atoms. The van der Waals surface area contributed by atoms with E-state index in [4.69, 9.17) is 14.2 Å². The van der Waals surface area contributed by atoms with Gasteiger partial charge < -0.3 is 19.5 Å². The molecule has 0 atom stereocenters. The molecule has 0 spiro atoms. The summed E-state index contributed by atoms with van der Waals surface area (Å²) in [5.74, 6) is 1.77. The first-order chi connectivity index (χ1) is 12.6. The predicted octanol–water partition coefficient (Wildman–Crippen LogP) is 4.88. The van der Waals surface area contributed by atoms with Crippen LogP contribution < -0.4 is 19.5 Å². The summed E-state index contributed by atoms with van der Waals surface area (Å²) in [6.07, 6.45) is 5.04. The van der Waals surface area contributed by atoms with Crippen molar-refractivity contribution < 1.29 is 19.0 Å². The zero-order chi connectivity index (χ0) is 18.5. The van der Waals surface area contributed by atoms with Crippen LogP contribution in [0.4, 0.5) is 5.69 Å². The Kier molecular flexibility index (Phi) is 6.24. The van der Waals surface area contributed by atoms with Gasteiger partial charge in [-0.2, -0.15) is 0 Å². The van der Waals surface area contributed by atoms with Crippen LogP contribution in [0.15, 0.2) is 36.4 Å². The maximum Gasteiger partial charge on any atom is 0.256 e. The third-order valence-electron chi connectivity index (χ3n) is 4.43. The highest BCUT2D eigenvalue weighted by Gasteiger charge is 2.17. The second-order valence-electron chi connectivity index (χ2n) is 6.19. The highest BCUT2D eigenvalue weighted by molar-refractivity contribution is 14.1. The normalized spacial score (nSPS) is 14.1. The molecule has 5 nitrogen and oxygen atoms in total. The van der Waals surface area contributed by atoms with Gasteiger partial charge in [-0.25, -0.2) is 0 Å². The van der Waals surface area contributed by atoms with E-state index >= 15 is 0 Å². The summed E-state index contributed by atoms with van der Waals surface area (Å²) in [6, 6.07) is 11.0. The number of nitrogens with one attached hydrogen (secondary N) is 1. The average molecular weight is 467 g/mol. The Balaban J connectivity index is 1.69. The number of carbonyl (C=O) groups excluding carboxylic acids is 1. The fourth-order valence-corrected chi connectivity index (χ4v) is 3.73. The Morgan fingerprint density at radius 1 is 1.04 bits per heavy atom. The Bertz CT molecular complexity index is 770. The minimum atomic E-state index is -0.195. The fourth-order valence-electron chi connectivity index (χ4n) is 3.04. The van der Waals surface area contributed by atoms with Crippen LogP contribution in [0.3, 0.4) is 0 Å². The Hall–Kier alpha value is -1.96. The van der Waals surface area contributed by atoms with E-state index in [1.54, 1.807) is 26.4 Å². The van der Waals surface area contributed by atoms with Crippen LogP contribution >= 0.6 is 22.6 Å². The zero-order valence-electron chi connectivity index (χ0n) is 14.9. The lowest BCUT2D eigenvalue weighted by molar-refractivity contribution is 0.102. The number of methoxy groups -OCH3 is 2. The molecule has 0 unspecified atom stereocenters. The fraction of sp³-hybridized carbons (Fsp3) is 0.350. The van der Waals surface area contributed by atoms with Gasteiger partial charge in [-0.15, -0.1) is 0 Å². The number of benzene rings is 2. The number of anilines is 1. The molecule has 0 aromatic heterocycles. The molecule has 1 aliphatic rings. The van der Waals surface area contributed by atoms with Gasteiger partial charge in [-0.05, 0) is 84.7 Å². The minimum absolute atomic E-state index is 0.195. The second kappa shape index (κ2) is 8.62. The highest BCUT2D eigenvalue weighted by atomic mass is 127. The molecule has 0 heterocycles. The molecule has 26 heavy (non-hydrogen) atoms. The van der Waals surface area contributed by atoms with Crippen molar-refractivity contribution in [1.29, 1.82) is 0 Å². The van der Waals surface area contributed by atoms with Gasteiger partial charge in [-0.3, -0.25) is 4.79 Å². The molecular formula is C20H22INO4. The molecule has 1 N–H and O–H groups in total. The van der Waals surface area contributed by atoms with Crippen LogP contribution in [0, 0.1) is 3.57 Å². The summed E-state index contributed by atoms with van der Waals surface area (Å²) in [6.45, 7) is 0. The third kappa shape index (κ3) is 4.41. The first-order valence-electron chi connectivity index (χ1n) is 8.60. The molecule has 2 aromatic carbocycles. The summed E-state index contributed by atoms with van der Waals surface area (Å²) in [5.41, 5.74) is 1.26. The summed E-state index contributed by atoms with van der Waals surface area (Å²) in [4.78, 5) is 12.6. The highest BCUT2D eigenvalue weighted by Crippen LogP contribution is 2.32. The van der Waals surface area contributed by atoms with Crippen LogP contribution in [0.1, 0.15) is 36.0 Å². The second-order valence-corrected chi connectivity index (χ2v) is 7.35. The van der Waals surface area contributed by atoms with E-state index < -0.39 is 0 Å². The molecule has 2 aromatic rings. The average Bonchev–Trinajstić information content (AvgIpc) is 3.16. The van der Waals surface area contributed by atoms with E-state index in [0.29, 0.717) is 23.2 Å². The molecule has 3 rings (SSSR count). The van der Waals surface area contributed by atoms with Crippen LogP contribution in [-0.2, 0) is 0 Å². The molecule has 1 amide bonds. The monoisotopic (exact) mass is 467 g/mol. The van der Waals surface area contributed by atoms with E-state index in [1.807, 2.05) is 24.3 Å². The molecule has 138 valence electrons. The van der Waals surface area contributed by atoms with Crippen molar-refractivity contribution in [2.24, 2.45) is 0 Å². The zero-order valence-corrected chi connectivity index (χ0v) is 17.0. The van der Waals surface area contributed by atoms with Gasteiger partial charge in [0.05, 0.1) is 25.9 Å². The van der Waals surface area contributed by atoms with Crippen LogP contribution in [0.2, 0.25) is 0 Å². The number of rotatable bonds is 6. The van der Waals surface area contributed by atoms with Gasteiger partial charge >= 0.3 is 0 Å². The lowest BCUT2D eigenvalue weighted by Crippen LogP contribution is -2.14. The van der Waals surface area contributed by atoms with Gasteiger partial charge in [0.15, 0.2) is 11.5 Å². The maximum atomic E-state index is 12.6. The lowest BCUT2D eigenvalue weighted by Gasteiger charge is -2.14. The number of ether oxygens (including phenoxy) is 3. The van der Waals surface area contributed by atoms with E-state index in [0.717, 1.165) is 27.8 Å². The van der Waals surface area contributed by atoms with Crippen LogP contribution in [0.5, 0.6) is 17.2 Å². The van der Waals surface area contributed by atoms with E-state index in [-0.39, 0.29) is 5.91 Å². The maximum absolute atomic E-state index is 12.6. The van der Waals surface area contributed by atoms with Crippen LogP contribution in [0.25, 0.3) is 0 Å². The Morgan fingerprint density at radius 3 is 2.27 bits per heavy atom. The largest absolute Gasteiger partial charge is 0.493 e. The number of amides is 1. The van der Waals surface area contributed by atoms with Gasteiger partial charge in [0.1, 0.15) is 5.75 Å². The minimum Gasteiger partial charge on any atom is -0.493 e. The topological polar surface area (TPSA) is 56.8 Å². The van der Waals surface area contributed by atoms with E-state index in [9.17, 15) is 4.79 Å². The lowest BCUT2D eigenvalue weighted by atomic mass is 10.1. The molecule has 1 fully saturated rings. The Morgan fingerprint density at radius 2 is 1.65 bits per heavy atom. The molecule has 0 saturated heterocycles. The summed E-state index contributed by atoms with van der Waals surface area (Å²) < 4.78 is 17.3. The van der Waals surface area contributed by atoms with Crippen molar-refractivity contribution in [3.63, 3.8) is 0 Å². The SMILES string of the molecule is COc1cc(I)c(C(=O)Nc2ccc(OC3CCCC3)cc2)cc1OC. The van der Waals surface area contributed by atoms with Gasteiger partial charge in [0.2, 0.25) is 0 Å². The predicted molar refractivity (Wildman–Crippen MR) is 110 cm³/mol. The van der Waals surface area contributed by atoms with Crippen molar-refractivity contribution >= 4 is 34.2 Å². The van der Waals surface area contributed by atoms with Crippen molar-refractivity contribution in [2.75, 3.05) is 19.5 Å². The summed E-state index contributed by atoms with van der Waals surface area (Å²) >= 11 is 2.12. The third-order valence-corrected chi connectivity index (χ3v) is 5.33. The smallest absolute Gasteiger partial charge is 0.256 e. The quantitative estimate of drug-likeness (QED) is 0.616. The van der Waals surface area contributed by atoms with Gasteiger partial charge in [0.25, 0.3) is 5.91 Å². The first kappa shape index (κ1) is 18.8. The molecule has 1 saturated carbocycles. The first-order valence-corrected chi connectivity index (χ1v) is 9.68. The summed E-state index contributed by atoms with van der Waals surface area (Å²) in [7, 11) is 3.12. The molecular weight excluding hydrogens is 445 g/mol. The molecule has 0 aliphatic heterocycles. The molecule has 0 radical (unpaired) electrons. The number of carbonyl (C=O) groups is 1. The van der Waals surface area contributed by atoms with Crippen molar-refractivity contribution in [1.82, 2.24) is 0 Å². The number of hydrogen-bond acceptors (Lipinski definition) is 4. The molecule has 6 heteroatoms. The van der Waals surface area contributed by atoms with Gasteiger partial charge in [0, 0.05) is 9.26 Å². The van der Waals surface area contributed by atoms with Gasteiger partial charge in [-0.1, -0.05) is 0 Å². The van der Waals surface area contributed by atoms with E-state index in [1.165, 1.54) is 12.8 Å². The number of halogens is 1. The van der Waals surface area contributed by atoms with Crippen LogP contribution in [-0.4, -0.2) is 26.2 Å². The number of hydrogen-bond donors (Lipinski definition) is 1. The Labute approximate surface area is 167 Å². The molecule has 1 aliphatic carbocycles. The van der Waals surface area contributed by atoms with E-state index in [2.05, 4.69) is 27.9 Å². The van der Waals surface area contributed by atoms with Crippen molar-refractivity contribution in [3.8, 4) is 17.2 Å². The standard InChI is InChI=1S/C20H22INO4/c1-24-18-11-16(17(21)12-19(18)25-2)20(23)22-13-7-9-15(10-8-13)26-14-5-3-4-6-14/h7-12,14H,3-6H2,1-2H3,(H,22,23). The summed E-state index contributed by atoms with van der Waals surface area (Å²) in [5, 5.41) is 2.91. The van der Waals surface area contributed by atoms with Crippen molar-refractivity contribution in [3.05, 3.63) is 45.5 Å².